The van der Waals surface area contributed by atoms with Crippen molar-refractivity contribution >= 4 is 34.5 Å². The number of amides is 2. The minimum Gasteiger partial charge on any atom is -0.454 e. The lowest BCUT2D eigenvalue weighted by molar-refractivity contribution is -0.119. The molecule has 0 saturated carbocycles. The average molecular weight is 373 g/mol. The van der Waals surface area contributed by atoms with Crippen LogP contribution in [0.25, 0.3) is 10.8 Å². The zero-order valence-electron chi connectivity index (χ0n) is 14.7. The molecule has 5 rings (SSSR count). The molecule has 0 unspecified atom stereocenters. The van der Waals surface area contributed by atoms with E-state index in [1.54, 1.807) is 18.2 Å². The first kappa shape index (κ1) is 16.3. The first-order chi connectivity index (χ1) is 13.7. The Kier molecular flexibility index (Phi) is 3.72. The first-order valence-corrected chi connectivity index (χ1v) is 8.76. The third kappa shape index (κ3) is 2.64. The Labute approximate surface area is 160 Å². The van der Waals surface area contributed by atoms with Crippen molar-refractivity contribution in [1.82, 2.24) is 5.43 Å². The van der Waals surface area contributed by atoms with Crippen LogP contribution in [0.2, 0.25) is 0 Å². The Bertz CT molecular complexity index is 1150. The lowest BCUT2D eigenvalue weighted by Crippen LogP contribution is -2.37. The highest BCUT2D eigenvalue weighted by Gasteiger charge is 2.30. The van der Waals surface area contributed by atoms with E-state index < -0.39 is 0 Å². The molecule has 3 aromatic carbocycles. The van der Waals surface area contributed by atoms with Crippen LogP contribution >= 0.6 is 0 Å². The first-order valence-electron chi connectivity index (χ1n) is 8.76. The number of hydrazone groups is 1. The van der Waals surface area contributed by atoms with Gasteiger partial charge in [-0.05, 0) is 41.3 Å². The number of carbonyl (C=O) groups excluding carboxylic acids is 2. The molecule has 7 heteroatoms. The van der Waals surface area contributed by atoms with Crippen molar-refractivity contribution in [2.24, 2.45) is 5.10 Å². The quantitative estimate of drug-likeness (QED) is 0.563. The van der Waals surface area contributed by atoms with Crippen molar-refractivity contribution in [3.05, 3.63) is 65.7 Å². The Hall–Kier alpha value is -3.87. The Morgan fingerprint density at radius 2 is 1.93 bits per heavy atom. The van der Waals surface area contributed by atoms with Crippen LogP contribution in [0, 0.1) is 0 Å². The molecule has 0 radical (unpaired) electrons. The average Bonchev–Trinajstić information content (AvgIpc) is 3.28. The molecule has 0 bridgehead atoms. The zero-order valence-corrected chi connectivity index (χ0v) is 14.7. The highest BCUT2D eigenvalue weighted by atomic mass is 16.7. The molecule has 3 aromatic rings. The number of carbonyl (C=O) groups is 2. The van der Waals surface area contributed by atoms with Crippen LogP contribution in [0.15, 0.2) is 59.7 Å². The summed E-state index contributed by atoms with van der Waals surface area (Å²) in [5, 5.41) is 5.83. The Morgan fingerprint density at radius 3 is 2.82 bits per heavy atom. The normalized spacial score (nSPS) is 14.3. The van der Waals surface area contributed by atoms with Crippen molar-refractivity contribution < 1.29 is 19.1 Å². The Morgan fingerprint density at radius 1 is 1.11 bits per heavy atom. The maximum atomic E-state index is 12.7. The topological polar surface area (TPSA) is 80.2 Å². The maximum Gasteiger partial charge on any atom is 0.260 e. The number of benzene rings is 3. The SMILES string of the molecule is O=C(CN1C(=O)c2cccc3cccc1c23)N/N=C\c1ccc2c(c1)OCO2. The van der Waals surface area contributed by atoms with E-state index in [9.17, 15) is 9.59 Å². The van der Waals surface area contributed by atoms with Crippen molar-refractivity contribution in [2.75, 3.05) is 18.2 Å². The van der Waals surface area contributed by atoms with Gasteiger partial charge >= 0.3 is 0 Å². The molecule has 2 heterocycles. The molecule has 0 saturated heterocycles. The van der Waals surface area contributed by atoms with E-state index in [1.807, 2.05) is 36.4 Å². The van der Waals surface area contributed by atoms with Crippen LogP contribution < -0.4 is 19.8 Å². The van der Waals surface area contributed by atoms with Gasteiger partial charge in [0.25, 0.3) is 11.8 Å². The monoisotopic (exact) mass is 373 g/mol. The molecule has 0 aromatic heterocycles. The molecule has 1 N–H and O–H groups in total. The number of nitrogens with one attached hydrogen (secondary N) is 1. The largest absolute Gasteiger partial charge is 0.454 e. The fraction of sp³-hybridized carbons (Fsp3) is 0.0952. The van der Waals surface area contributed by atoms with Gasteiger partial charge in [-0.1, -0.05) is 24.3 Å². The summed E-state index contributed by atoms with van der Waals surface area (Å²) in [6.45, 7) is 0.0940. The number of hydrogen-bond acceptors (Lipinski definition) is 5. The smallest absolute Gasteiger partial charge is 0.260 e. The summed E-state index contributed by atoms with van der Waals surface area (Å²) in [6.07, 6.45) is 1.52. The number of nitrogens with zero attached hydrogens (tertiary/aromatic N) is 2. The summed E-state index contributed by atoms with van der Waals surface area (Å²) in [5.74, 6) is 0.767. The zero-order chi connectivity index (χ0) is 19.1. The van der Waals surface area contributed by atoms with Gasteiger partial charge in [0.2, 0.25) is 6.79 Å². The lowest BCUT2D eigenvalue weighted by Gasteiger charge is -2.16. The fourth-order valence-corrected chi connectivity index (χ4v) is 3.49. The van der Waals surface area contributed by atoms with Crippen LogP contribution in [-0.4, -0.2) is 31.4 Å². The molecule has 0 spiro atoms. The second-order valence-corrected chi connectivity index (χ2v) is 6.48. The van der Waals surface area contributed by atoms with Crippen LogP contribution in [0.3, 0.4) is 0 Å². The van der Waals surface area contributed by atoms with Crippen molar-refractivity contribution in [1.29, 1.82) is 0 Å². The number of anilines is 1. The van der Waals surface area contributed by atoms with Gasteiger partial charge in [-0.25, -0.2) is 5.43 Å². The van der Waals surface area contributed by atoms with Crippen molar-refractivity contribution in [3.8, 4) is 11.5 Å². The van der Waals surface area contributed by atoms with E-state index in [0.29, 0.717) is 17.1 Å². The summed E-state index contributed by atoms with van der Waals surface area (Å²) in [6, 6.07) is 16.6. The van der Waals surface area contributed by atoms with Gasteiger partial charge in [-0.2, -0.15) is 5.10 Å². The van der Waals surface area contributed by atoms with Crippen LogP contribution in [0.1, 0.15) is 15.9 Å². The van der Waals surface area contributed by atoms with Crippen LogP contribution in [0.4, 0.5) is 5.69 Å². The van der Waals surface area contributed by atoms with Gasteiger partial charge in [-0.3, -0.25) is 14.5 Å². The molecule has 2 amide bonds. The van der Waals surface area contributed by atoms with E-state index in [-0.39, 0.29) is 25.2 Å². The predicted octanol–water partition coefficient (Wildman–Crippen LogP) is 2.68. The molecule has 2 aliphatic heterocycles. The molecule has 7 nitrogen and oxygen atoms in total. The predicted molar refractivity (Wildman–Crippen MR) is 104 cm³/mol. The molecule has 0 fully saturated rings. The molecule has 0 atom stereocenters. The summed E-state index contributed by atoms with van der Waals surface area (Å²) < 4.78 is 10.6. The summed E-state index contributed by atoms with van der Waals surface area (Å²) >= 11 is 0. The fourth-order valence-electron chi connectivity index (χ4n) is 3.49. The summed E-state index contributed by atoms with van der Waals surface area (Å²) in [4.78, 5) is 26.5. The van der Waals surface area contributed by atoms with Gasteiger partial charge in [0.15, 0.2) is 11.5 Å². The van der Waals surface area contributed by atoms with E-state index in [2.05, 4.69) is 10.5 Å². The molecular weight excluding hydrogens is 358 g/mol. The molecule has 2 aliphatic rings. The summed E-state index contributed by atoms with van der Waals surface area (Å²) in [5.41, 5.74) is 4.59. The number of ether oxygens (including phenoxy) is 2. The number of hydrogen-bond donors (Lipinski definition) is 1. The van der Waals surface area contributed by atoms with Crippen LogP contribution in [-0.2, 0) is 4.79 Å². The number of fused-ring (bicyclic) bond motifs is 1. The molecule has 138 valence electrons. The second-order valence-electron chi connectivity index (χ2n) is 6.48. The highest BCUT2D eigenvalue weighted by Crippen LogP contribution is 2.36. The number of rotatable bonds is 4. The minimum absolute atomic E-state index is 0.106. The molecule has 0 aliphatic carbocycles. The van der Waals surface area contributed by atoms with Gasteiger partial charge in [0, 0.05) is 10.9 Å². The van der Waals surface area contributed by atoms with E-state index in [4.69, 9.17) is 9.47 Å². The standard InChI is InChI=1S/C21H15N3O4/c25-19(23-22-10-13-7-8-17-18(9-13)28-12-27-17)11-24-16-6-2-4-14-3-1-5-15(20(14)16)21(24)26/h1-10H,11-12H2,(H,23,25)/b22-10-. The highest BCUT2D eigenvalue weighted by molar-refractivity contribution is 6.26. The minimum atomic E-state index is -0.379. The lowest BCUT2D eigenvalue weighted by atomic mass is 10.1. The molecular formula is C21H15N3O4. The van der Waals surface area contributed by atoms with Gasteiger partial charge < -0.3 is 9.47 Å². The Balaban J connectivity index is 1.29. The molecule has 28 heavy (non-hydrogen) atoms. The maximum absolute atomic E-state index is 12.7. The van der Waals surface area contributed by atoms with Gasteiger partial charge in [0.05, 0.1) is 11.9 Å². The van der Waals surface area contributed by atoms with E-state index in [1.165, 1.54) is 11.1 Å². The van der Waals surface area contributed by atoms with Crippen LogP contribution in [0.5, 0.6) is 11.5 Å². The van der Waals surface area contributed by atoms with Gasteiger partial charge in [0.1, 0.15) is 6.54 Å². The van der Waals surface area contributed by atoms with E-state index in [0.717, 1.165) is 22.0 Å². The van der Waals surface area contributed by atoms with Crippen molar-refractivity contribution in [2.45, 2.75) is 0 Å². The van der Waals surface area contributed by atoms with Gasteiger partial charge in [-0.15, -0.1) is 0 Å². The van der Waals surface area contributed by atoms with E-state index >= 15 is 0 Å². The third-order valence-electron chi connectivity index (χ3n) is 4.75. The van der Waals surface area contributed by atoms with Crippen molar-refractivity contribution in [3.63, 3.8) is 0 Å². The third-order valence-corrected chi connectivity index (χ3v) is 4.75. The summed E-state index contributed by atoms with van der Waals surface area (Å²) in [7, 11) is 0. The second kappa shape index (κ2) is 6.38.